The number of nitrogens with one attached hydrogen (secondary N) is 2. The summed E-state index contributed by atoms with van der Waals surface area (Å²) in [6, 6.07) is 0.751. The summed E-state index contributed by atoms with van der Waals surface area (Å²) in [6.45, 7) is 3.93. The number of hydrogen-bond donors (Lipinski definition) is 2. The van der Waals surface area contributed by atoms with Gasteiger partial charge in [0.15, 0.2) is 0 Å². The van der Waals surface area contributed by atoms with Crippen LogP contribution in [-0.4, -0.2) is 50.1 Å². The first-order valence-electron chi connectivity index (χ1n) is 7.93. The highest BCUT2D eigenvalue weighted by Crippen LogP contribution is 2.21. The maximum Gasteiger partial charge on any atom is 0.220 e. The normalized spacial score (nSPS) is 22.0. The zero-order valence-corrected chi connectivity index (χ0v) is 12.3. The third kappa shape index (κ3) is 5.11. The monoisotopic (exact) mass is 267 g/mol. The molecule has 2 N–H and O–H groups in total. The Kier molecular flexibility index (Phi) is 6.11. The van der Waals surface area contributed by atoms with E-state index in [9.17, 15) is 4.79 Å². The standard InChI is InChI=1S/C15H29N3O/c1-18(14-4-2-3-5-14)11-10-17-15(19)12-13-6-8-16-9-7-13/h13-14,16H,2-12H2,1H3,(H,17,19). The van der Waals surface area contributed by atoms with Gasteiger partial charge in [-0.1, -0.05) is 12.8 Å². The molecule has 1 saturated heterocycles. The zero-order chi connectivity index (χ0) is 13.5. The molecule has 0 aromatic rings. The summed E-state index contributed by atoms with van der Waals surface area (Å²) in [7, 11) is 2.19. The van der Waals surface area contributed by atoms with Gasteiger partial charge < -0.3 is 15.5 Å². The number of carbonyl (C=O) groups is 1. The van der Waals surface area contributed by atoms with E-state index in [-0.39, 0.29) is 5.91 Å². The van der Waals surface area contributed by atoms with Gasteiger partial charge in [0.25, 0.3) is 0 Å². The van der Waals surface area contributed by atoms with Gasteiger partial charge in [0.1, 0.15) is 0 Å². The van der Waals surface area contributed by atoms with Crippen LogP contribution >= 0.6 is 0 Å². The summed E-state index contributed by atoms with van der Waals surface area (Å²) < 4.78 is 0. The molecular weight excluding hydrogens is 238 g/mol. The quantitative estimate of drug-likeness (QED) is 0.764. The van der Waals surface area contributed by atoms with Crippen molar-refractivity contribution < 1.29 is 4.79 Å². The first-order valence-corrected chi connectivity index (χ1v) is 7.93. The second kappa shape index (κ2) is 7.85. The molecule has 1 saturated carbocycles. The fourth-order valence-electron chi connectivity index (χ4n) is 3.32. The molecule has 1 aliphatic heterocycles. The van der Waals surface area contributed by atoms with Crippen LogP contribution in [0.5, 0.6) is 0 Å². The van der Waals surface area contributed by atoms with Crippen LogP contribution in [0.1, 0.15) is 44.9 Å². The molecule has 0 aromatic heterocycles. The second-order valence-electron chi connectivity index (χ2n) is 6.17. The van der Waals surface area contributed by atoms with E-state index in [1.54, 1.807) is 0 Å². The van der Waals surface area contributed by atoms with Crippen molar-refractivity contribution >= 4 is 5.91 Å². The van der Waals surface area contributed by atoms with Gasteiger partial charge in [0.05, 0.1) is 0 Å². The smallest absolute Gasteiger partial charge is 0.220 e. The minimum atomic E-state index is 0.242. The van der Waals surface area contributed by atoms with E-state index in [4.69, 9.17) is 0 Å². The number of rotatable bonds is 6. The van der Waals surface area contributed by atoms with Gasteiger partial charge in [-0.05, 0) is 51.7 Å². The highest BCUT2D eigenvalue weighted by atomic mass is 16.1. The molecule has 2 rings (SSSR count). The SMILES string of the molecule is CN(CCNC(=O)CC1CCNCC1)C1CCCC1. The molecule has 19 heavy (non-hydrogen) atoms. The van der Waals surface area contributed by atoms with Crippen LogP contribution < -0.4 is 10.6 Å². The molecule has 2 aliphatic rings. The number of piperidine rings is 1. The Hall–Kier alpha value is -0.610. The Bertz CT molecular complexity index is 271. The van der Waals surface area contributed by atoms with Gasteiger partial charge in [-0.25, -0.2) is 0 Å². The lowest BCUT2D eigenvalue weighted by atomic mass is 9.94. The minimum absolute atomic E-state index is 0.242. The van der Waals surface area contributed by atoms with Crippen molar-refractivity contribution in [3.05, 3.63) is 0 Å². The lowest BCUT2D eigenvalue weighted by molar-refractivity contribution is -0.122. The maximum absolute atomic E-state index is 11.9. The first-order chi connectivity index (χ1) is 9.25. The lowest BCUT2D eigenvalue weighted by Gasteiger charge is -2.25. The molecule has 0 spiro atoms. The fourth-order valence-corrected chi connectivity index (χ4v) is 3.32. The number of hydrogen-bond acceptors (Lipinski definition) is 3. The lowest BCUT2D eigenvalue weighted by Crippen LogP contribution is -2.38. The third-order valence-electron chi connectivity index (χ3n) is 4.67. The Labute approximate surface area is 117 Å². The highest BCUT2D eigenvalue weighted by Gasteiger charge is 2.19. The summed E-state index contributed by atoms with van der Waals surface area (Å²) in [5, 5.41) is 6.42. The minimum Gasteiger partial charge on any atom is -0.355 e. The van der Waals surface area contributed by atoms with Crippen LogP contribution in [0.15, 0.2) is 0 Å². The molecule has 4 heteroatoms. The van der Waals surface area contributed by atoms with Crippen molar-refractivity contribution in [2.24, 2.45) is 5.92 Å². The summed E-state index contributed by atoms with van der Waals surface area (Å²) in [6.07, 6.45) is 8.42. The molecule has 110 valence electrons. The van der Waals surface area contributed by atoms with Crippen molar-refractivity contribution in [2.45, 2.75) is 51.0 Å². The Morgan fingerprint density at radius 1 is 1.21 bits per heavy atom. The topological polar surface area (TPSA) is 44.4 Å². The predicted octanol–water partition coefficient (Wildman–Crippen LogP) is 1.37. The number of likely N-dealkylation sites (N-methyl/N-ethyl adjacent to an activating group) is 1. The van der Waals surface area contributed by atoms with Crippen LogP contribution in [0.3, 0.4) is 0 Å². The van der Waals surface area contributed by atoms with Gasteiger partial charge in [-0.2, -0.15) is 0 Å². The molecule has 1 aliphatic carbocycles. The largest absolute Gasteiger partial charge is 0.355 e. The summed E-state index contributed by atoms with van der Waals surface area (Å²) in [4.78, 5) is 14.3. The van der Waals surface area contributed by atoms with E-state index in [1.165, 1.54) is 25.7 Å². The van der Waals surface area contributed by atoms with E-state index in [1.807, 2.05) is 0 Å². The van der Waals surface area contributed by atoms with E-state index >= 15 is 0 Å². The molecular formula is C15H29N3O. The van der Waals surface area contributed by atoms with Crippen LogP contribution in [-0.2, 0) is 4.79 Å². The molecule has 0 aromatic carbocycles. The third-order valence-corrected chi connectivity index (χ3v) is 4.67. The van der Waals surface area contributed by atoms with Crippen molar-refractivity contribution in [3.63, 3.8) is 0 Å². The van der Waals surface area contributed by atoms with Gasteiger partial charge in [0, 0.05) is 25.6 Å². The second-order valence-corrected chi connectivity index (χ2v) is 6.17. The highest BCUT2D eigenvalue weighted by molar-refractivity contribution is 5.76. The van der Waals surface area contributed by atoms with E-state index < -0.39 is 0 Å². The van der Waals surface area contributed by atoms with E-state index in [0.717, 1.165) is 51.5 Å². The number of carbonyl (C=O) groups excluding carboxylic acids is 1. The molecule has 0 bridgehead atoms. The van der Waals surface area contributed by atoms with Crippen molar-refractivity contribution in [3.8, 4) is 0 Å². The predicted molar refractivity (Wildman–Crippen MR) is 78.1 cm³/mol. The van der Waals surface area contributed by atoms with Crippen LogP contribution in [0.2, 0.25) is 0 Å². The van der Waals surface area contributed by atoms with Crippen molar-refractivity contribution in [2.75, 3.05) is 33.2 Å². The summed E-state index contributed by atoms with van der Waals surface area (Å²) in [5.41, 5.74) is 0. The first kappa shape index (κ1) is 14.8. The molecule has 2 fully saturated rings. The van der Waals surface area contributed by atoms with Gasteiger partial charge in [0.2, 0.25) is 5.91 Å². The van der Waals surface area contributed by atoms with Crippen LogP contribution in [0.25, 0.3) is 0 Å². The van der Waals surface area contributed by atoms with E-state index in [0.29, 0.717) is 5.92 Å². The van der Waals surface area contributed by atoms with E-state index in [2.05, 4.69) is 22.6 Å². The maximum atomic E-state index is 11.9. The Morgan fingerprint density at radius 3 is 2.58 bits per heavy atom. The Balaban J connectivity index is 1.55. The van der Waals surface area contributed by atoms with Gasteiger partial charge >= 0.3 is 0 Å². The average molecular weight is 267 g/mol. The van der Waals surface area contributed by atoms with Gasteiger partial charge in [-0.3, -0.25) is 4.79 Å². The summed E-state index contributed by atoms with van der Waals surface area (Å²) >= 11 is 0. The number of amides is 1. The Morgan fingerprint density at radius 2 is 1.89 bits per heavy atom. The number of nitrogens with zero attached hydrogens (tertiary/aromatic N) is 1. The van der Waals surface area contributed by atoms with Crippen molar-refractivity contribution in [1.29, 1.82) is 0 Å². The average Bonchev–Trinajstić information content (AvgIpc) is 2.93. The van der Waals surface area contributed by atoms with Crippen LogP contribution in [0.4, 0.5) is 0 Å². The van der Waals surface area contributed by atoms with Crippen LogP contribution in [0, 0.1) is 5.92 Å². The molecule has 1 heterocycles. The van der Waals surface area contributed by atoms with Crippen molar-refractivity contribution in [1.82, 2.24) is 15.5 Å². The molecule has 0 atom stereocenters. The fraction of sp³-hybridized carbons (Fsp3) is 0.933. The molecule has 0 unspecified atom stereocenters. The zero-order valence-electron chi connectivity index (χ0n) is 12.3. The molecule has 4 nitrogen and oxygen atoms in total. The van der Waals surface area contributed by atoms with Gasteiger partial charge in [-0.15, -0.1) is 0 Å². The molecule has 0 radical (unpaired) electrons. The molecule has 1 amide bonds. The summed E-state index contributed by atoms with van der Waals surface area (Å²) in [5.74, 6) is 0.834.